The molecule has 0 atom stereocenters. The third kappa shape index (κ3) is 3.23. The van der Waals surface area contributed by atoms with Crippen molar-refractivity contribution in [3.05, 3.63) is 70.5 Å². The van der Waals surface area contributed by atoms with E-state index in [0.717, 1.165) is 36.3 Å². The molecule has 0 unspecified atom stereocenters. The number of fused-ring (bicyclic) bond motifs is 3. The lowest BCUT2D eigenvalue weighted by atomic mass is 9.87. The molecule has 1 amide bonds. The minimum absolute atomic E-state index is 0.177. The Morgan fingerprint density at radius 1 is 1.07 bits per heavy atom. The van der Waals surface area contributed by atoms with Gasteiger partial charge in [-0.25, -0.2) is 9.40 Å². The van der Waals surface area contributed by atoms with Crippen molar-refractivity contribution in [2.24, 2.45) is 10.1 Å². The molecule has 1 fully saturated rings. The third-order valence-electron chi connectivity index (χ3n) is 5.70. The van der Waals surface area contributed by atoms with E-state index in [0.29, 0.717) is 22.2 Å². The molecule has 3 aliphatic rings. The summed E-state index contributed by atoms with van der Waals surface area (Å²) in [6, 6.07) is 14.4. The summed E-state index contributed by atoms with van der Waals surface area (Å²) >= 11 is 1.33. The van der Waals surface area contributed by atoms with Crippen LogP contribution in [0.15, 0.2) is 58.6 Å². The molecule has 148 valence electrons. The first-order valence-corrected chi connectivity index (χ1v) is 10.9. The smallest absolute Gasteiger partial charge is 0.276 e. The number of benzene rings is 2. The highest BCUT2D eigenvalue weighted by Gasteiger charge is 2.45. The van der Waals surface area contributed by atoms with Crippen LogP contribution in [0.25, 0.3) is 5.70 Å². The maximum absolute atomic E-state index is 14.0. The van der Waals surface area contributed by atoms with E-state index >= 15 is 0 Å². The molecule has 1 spiro atoms. The fourth-order valence-electron chi connectivity index (χ4n) is 4.27. The monoisotopic (exact) mass is 408 g/mol. The van der Waals surface area contributed by atoms with Crippen molar-refractivity contribution in [3.63, 3.8) is 0 Å². The third-order valence-corrected chi connectivity index (χ3v) is 6.61. The molecule has 2 aliphatic heterocycles. The van der Waals surface area contributed by atoms with Gasteiger partial charge in [-0.15, -0.1) is 5.10 Å². The van der Waals surface area contributed by atoms with Crippen LogP contribution >= 0.6 is 11.8 Å². The number of hydrazone groups is 1. The first kappa shape index (κ1) is 18.4. The van der Waals surface area contributed by atoms with Gasteiger partial charge in [-0.2, -0.15) is 0 Å². The SMILES string of the molecule is O=C1NC(SCc2ccccc2F)=NN2C1=c1ccccc1=NC21CCCCC1. The normalized spacial score (nSPS) is 19.8. The number of nitrogens with zero attached hydrogens (tertiary/aromatic N) is 3. The number of amides is 1. The van der Waals surface area contributed by atoms with Crippen molar-refractivity contribution >= 4 is 28.5 Å². The molecule has 7 heteroatoms. The molecule has 0 bridgehead atoms. The van der Waals surface area contributed by atoms with Crippen LogP contribution in [0, 0.1) is 5.82 Å². The lowest BCUT2D eigenvalue weighted by Crippen LogP contribution is -2.59. The van der Waals surface area contributed by atoms with E-state index < -0.39 is 5.66 Å². The summed E-state index contributed by atoms with van der Waals surface area (Å²) in [6.07, 6.45) is 5.03. The molecule has 2 heterocycles. The fraction of sp³-hybridized carbons (Fsp3) is 0.318. The van der Waals surface area contributed by atoms with Gasteiger partial charge < -0.3 is 0 Å². The van der Waals surface area contributed by atoms with Crippen molar-refractivity contribution in [2.45, 2.75) is 43.5 Å². The van der Waals surface area contributed by atoms with Crippen molar-refractivity contribution in [1.29, 1.82) is 0 Å². The van der Waals surface area contributed by atoms with E-state index in [4.69, 9.17) is 10.1 Å². The maximum atomic E-state index is 14.0. The predicted molar refractivity (Wildman–Crippen MR) is 112 cm³/mol. The summed E-state index contributed by atoms with van der Waals surface area (Å²) in [4.78, 5) is 18.2. The maximum Gasteiger partial charge on any atom is 0.276 e. The van der Waals surface area contributed by atoms with Gasteiger partial charge in [0.15, 0.2) is 10.8 Å². The predicted octanol–water partition coefficient (Wildman–Crippen LogP) is 2.86. The van der Waals surface area contributed by atoms with Crippen LogP contribution in [0.4, 0.5) is 4.39 Å². The molecular weight excluding hydrogens is 387 g/mol. The second kappa shape index (κ2) is 7.30. The van der Waals surface area contributed by atoms with Gasteiger partial charge in [-0.3, -0.25) is 15.1 Å². The quantitative estimate of drug-likeness (QED) is 0.831. The molecule has 0 saturated heterocycles. The summed E-state index contributed by atoms with van der Waals surface area (Å²) < 4.78 is 14.0. The number of halogens is 1. The minimum atomic E-state index is -0.510. The van der Waals surface area contributed by atoms with Crippen LogP contribution in [0.3, 0.4) is 0 Å². The molecule has 5 rings (SSSR count). The van der Waals surface area contributed by atoms with Crippen LogP contribution in [-0.4, -0.2) is 21.7 Å². The highest BCUT2D eigenvalue weighted by molar-refractivity contribution is 8.13. The Balaban J connectivity index is 1.55. The Kier molecular flexibility index (Phi) is 4.62. The number of amidine groups is 1. The second-order valence-corrected chi connectivity index (χ2v) is 8.54. The molecule has 1 saturated carbocycles. The number of hydrogen-bond acceptors (Lipinski definition) is 5. The Bertz CT molecular complexity index is 1120. The molecule has 1 aliphatic carbocycles. The largest absolute Gasteiger partial charge is 0.298 e. The van der Waals surface area contributed by atoms with Gasteiger partial charge in [0.1, 0.15) is 11.5 Å². The molecule has 1 N–H and O–H groups in total. The average molecular weight is 409 g/mol. The summed E-state index contributed by atoms with van der Waals surface area (Å²) in [7, 11) is 0. The van der Waals surface area contributed by atoms with E-state index in [-0.39, 0.29) is 11.7 Å². The minimum Gasteiger partial charge on any atom is -0.298 e. The van der Waals surface area contributed by atoms with Gasteiger partial charge in [-0.1, -0.05) is 54.6 Å². The van der Waals surface area contributed by atoms with Crippen molar-refractivity contribution in [2.75, 3.05) is 0 Å². The molecule has 0 aromatic heterocycles. The number of carbonyl (C=O) groups excluding carboxylic acids is 1. The number of nitrogens with one attached hydrogen (secondary N) is 1. The first-order valence-electron chi connectivity index (χ1n) is 9.92. The standard InChI is InChI=1S/C22H21FN4OS/c23-17-10-4-2-8-15(17)14-29-21-24-20(28)19-16-9-3-5-11-18(16)25-22(27(19)26-21)12-6-1-7-13-22/h2-5,8-11H,1,6-7,12-14H2,(H,24,26,28). The number of para-hydroxylation sites is 1. The van der Waals surface area contributed by atoms with Crippen LogP contribution < -0.4 is 15.9 Å². The van der Waals surface area contributed by atoms with Crippen LogP contribution in [0.5, 0.6) is 0 Å². The van der Waals surface area contributed by atoms with E-state index in [1.807, 2.05) is 35.3 Å². The second-order valence-electron chi connectivity index (χ2n) is 7.57. The fourth-order valence-corrected chi connectivity index (χ4v) is 5.10. The summed E-state index contributed by atoms with van der Waals surface area (Å²) in [5, 5.41) is 11.7. The van der Waals surface area contributed by atoms with Gasteiger partial charge in [0.05, 0.1) is 5.36 Å². The molecule has 29 heavy (non-hydrogen) atoms. The molecule has 2 aromatic carbocycles. The van der Waals surface area contributed by atoms with Crippen molar-refractivity contribution in [3.8, 4) is 0 Å². The number of hydrogen-bond donors (Lipinski definition) is 1. The van der Waals surface area contributed by atoms with E-state index in [1.165, 1.54) is 24.2 Å². The van der Waals surface area contributed by atoms with Crippen molar-refractivity contribution in [1.82, 2.24) is 10.3 Å². The zero-order chi connectivity index (χ0) is 19.8. The van der Waals surface area contributed by atoms with Crippen molar-refractivity contribution < 1.29 is 9.18 Å². The van der Waals surface area contributed by atoms with Crippen LogP contribution in [-0.2, 0) is 10.5 Å². The van der Waals surface area contributed by atoms with Gasteiger partial charge in [0, 0.05) is 11.0 Å². The lowest BCUT2D eigenvalue weighted by molar-refractivity contribution is -0.116. The van der Waals surface area contributed by atoms with E-state index in [9.17, 15) is 9.18 Å². The first-order chi connectivity index (χ1) is 14.2. The summed E-state index contributed by atoms with van der Waals surface area (Å²) in [5.74, 6) is -0.0284. The van der Waals surface area contributed by atoms with E-state index in [2.05, 4.69) is 5.32 Å². The Morgan fingerprint density at radius 2 is 1.83 bits per heavy atom. The van der Waals surface area contributed by atoms with Crippen LogP contribution in [0.2, 0.25) is 0 Å². The van der Waals surface area contributed by atoms with E-state index in [1.54, 1.807) is 12.1 Å². The lowest BCUT2D eigenvalue weighted by Gasteiger charge is -2.45. The topological polar surface area (TPSA) is 57.1 Å². The molecule has 0 radical (unpaired) electrons. The summed E-state index contributed by atoms with van der Waals surface area (Å²) in [6.45, 7) is 0. The molecular formula is C22H21FN4OS. The van der Waals surface area contributed by atoms with Gasteiger partial charge >= 0.3 is 0 Å². The zero-order valence-corrected chi connectivity index (χ0v) is 16.7. The van der Waals surface area contributed by atoms with Gasteiger partial charge in [0.25, 0.3) is 5.91 Å². The summed E-state index contributed by atoms with van der Waals surface area (Å²) in [5.41, 5.74) is 0.641. The zero-order valence-electron chi connectivity index (χ0n) is 15.9. The Labute approximate surface area is 172 Å². The molecule has 2 aromatic rings. The average Bonchev–Trinajstić information content (AvgIpc) is 2.74. The number of thioether (sulfide) groups is 1. The number of carbonyl (C=O) groups is 1. The molecule has 5 nitrogen and oxygen atoms in total. The highest BCUT2D eigenvalue weighted by atomic mass is 32.2. The van der Waals surface area contributed by atoms with Gasteiger partial charge in [0.2, 0.25) is 0 Å². The highest BCUT2D eigenvalue weighted by Crippen LogP contribution is 2.39. The Hall–Kier alpha value is -2.67. The van der Waals surface area contributed by atoms with Gasteiger partial charge in [-0.05, 0) is 43.4 Å². The number of rotatable bonds is 2. The Morgan fingerprint density at radius 3 is 2.66 bits per heavy atom. The van der Waals surface area contributed by atoms with Crippen LogP contribution in [0.1, 0.15) is 37.7 Å².